The molecule has 0 spiro atoms. The zero-order chi connectivity index (χ0) is 14.7. The molecule has 0 saturated carbocycles. The summed E-state index contributed by atoms with van der Waals surface area (Å²) in [4.78, 5) is 15.2. The van der Waals surface area contributed by atoms with Crippen molar-refractivity contribution >= 4 is 16.8 Å². The van der Waals surface area contributed by atoms with Crippen molar-refractivity contribution in [1.82, 2.24) is 10.3 Å². The van der Waals surface area contributed by atoms with Gasteiger partial charge in [0.05, 0.1) is 11.6 Å². The Morgan fingerprint density at radius 1 is 1.14 bits per heavy atom. The molecule has 4 nitrogen and oxygen atoms in total. The van der Waals surface area contributed by atoms with Gasteiger partial charge in [0.2, 0.25) is 0 Å². The molecule has 4 heteroatoms. The standard InChI is InChI=1S/C17H13N3O/c18-10-13-6-7-14-9-16(20-15(14)8-13)17(21)19-11-12-4-2-1-3-5-12/h1-9,20H,11H2,(H,19,21). The molecule has 0 aliphatic heterocycles. The van der Waals surface area contributed by atoms with Crippen LogP contribution in [0.3, 0.4) is 0 Å². The van der Waals surface area contributed by atoms with E-state index in [9.17, 15) is 4.79 Å². The summed E-state index contributed by atoms with van der Waals surface area (Å²) in [6, 6.07) is 18.9. The van der Waals surface area contributed by atoms with E-state index in [0.717, 1.165) is 16.5 Å². The molecule has 0 aliphatic carbocycles. The second-order valence-electron chi connectivity index (χ2n) is 4.77. The van der Waals surface area contributed by atoms with Gasteiger partial charge >= 0.3 is 0 Å². The maximum Gasteiger partial charge on any atom is 0.267 e. The van der Waals surface area contributed by atoms with E-state index in [1.807, 2.05) is 36.4 Å². The third-order valence-electron chi connectivity index (χ3n) is 3.29. The Hall–Kier alpha value is -3.06. The van der Waals surface area contributed by atoms with E-state index in [2.05, 4.69) is 16.4 Å². The van der Waals surface area contributed by atoms with E-state index in [-0.39, 0.29) is 5.91 Å². The Morgan fingerprint density at radius 3 is 2.71 bits per heavy atom. The van der Waals surface area contributed by atoms with Crippen LogP contribution in [-0.2, 0) is 6.54 Å². The van der Waals surface area contributed by atoms with Gasteiger partial charge in [0.15, 0.2) is 0 Å². The molecule has 1 amide bonds. The Bertz CT molecular complexity index is 828. The first-order chi connectivity index (χ1) is 10.3. The van der Waals surface area contributed by atoms with Crippen molar-refractivity contribution < 1.29 is 4.79 Å². The number of aromatic nitrogens is 1. The van der Waals surface area contributed by atoms with Crippen LogP contribution < -0.4 is 5.32 Å². The highest BCUT2D eigenvalue weighted by molar-refractivity contribution is 5.98. The second-order valence-corrected chi connectivity index (χ2v) is 4.77. The summed E-state index contributed by atoms with van der Waals surface area (Å²) in [5.41, 5.74) is 2.91. The van der Waals surface area contributed by atoms with Crippen LogP contribution in [0.15, 0.2) is 54.6 Å². The highest BCUT2D eigenvalue weighted by atomic mass is 16.1. The minimum absolute atomic E-state index is 0.159. The van der Waals surface area contributed by atoms with Gasteiger partial charge in [-0.15, -0.1) is 0 Å². The molecular formula is C17H13N3O. The van der Waals surface area contributed by atoms with E-state index in [4.69, 9.17) is 5.26 Å². The van der Waals surface area contributed by atoms with E-state index in [1.54, 1.807) is 18.2 Å². The van der Waals surface area contributed by atoms with Gasteiger partial charge < -0.3 is 10.3 Å². The van der Waals surface area contributed by atoms with Gasteiger partial charge in [0, 0.05) is 17.4 Å². The molecular weight excluding hydrogens is 262 g/mol. The van der Waals surface area contributed by atoms with Gasteiger partial charge in [0.25, 0.3) is 5.91 Å². The average Bonchev–Trinajstić information content (AvgIpc) is 2.96. The lowest BCUT2D eigenvalue weighted by Gasteiger charge is -2.03. The summed E-state index contributed by atoms with van der Waals surface area (Å²) in [6.45, 7) is 0.485. The van der Waals surface area contributed by atoms with Crippen molar-refractivity contribution in [3.63, 3.8) is 0 Å². The third-order valence-corrected chi connectivity index (χ3v) is 3.29. The molecule has 0 fully saturated rings. The fourth-order valence-corrected chi connectivity index (χ4v) is 2.19. The molecule has 0 bridgehead atoms. The molecule has 0 aliphatic rings. The summed E-state index contributed by atoms with van der Waals surface area (Å²) in [5.74, 6) is -0.159. The lowest BCUT2D eigenvalue weighted by atomic mass is 10.2. The predicted octanol–water partition coefficient (Wildman–Crippen LogP) is 2.97. The van der Waals surface area contributed by atoms with Crippen molar-refractivity contribution in [2.24, 2.45) is 0 Å². The lowest BCUT2D eigenvalue weighted by molar-refractivity contribution is 0.0947. The topological polar surface area (TPSA) is 68.7 Å². The lowest BCUT2D eigenvalue weighted by Crippen LogP contribution is -2.22. The fourth-order valence-electron chi connectivity index (χ4n) is 2.19. The van der Waals surface area contributed by atoms with Gasteiger partial charge in [-0.3, -0.25) is 4.79 Å². The van der Waals surface area contributed by atoms with E-state index in [0.29, 0.717) is 17.8 Å². The van der Waals surface area contributed by atoms with Crippen molar-refractivity contribution in [2.75, 3.05) is 0 Å². The highest BCUT2D eigenvalue weighted by Crippen LogP contribution is 2.17. The quantitative estimate of drug-likeness (QED) is 0.771. The van der Waals surface area contributed by atoms with Crippen molar-refractivity contribution in [3.8, 4) is 6.07 Å². The molecule has 2 N–H and O–H groups in total. The zero-order valence-electron chi connectivity index (χ0n) is 11.3. The van der Waals surface area contributed by atoms with Crippen molar-refractivity contribution in [3.05, 3.63) is 71.4 Å². The summed E-state index contributed by atoms with van der Waals surface area (Å²) in [7, 11) is 0. The molecule has 1 heterocycles. The van der Waals surface area contributed by atoms with Crippen LogP contribution in [0.1, 0.15) is 21.6 Å². The first kappa shape index (κ1) is 12.9. The van der Waals surface area contributed by atoms with Gasteiger partial charge in [-0.05, 0) is 23.8 Å². The SMILES string of the molecule is N#Cc1ccc2cc(C(=O)NCc3ccccc3)[nH]c2c1. The molecule has 3 aromatic rings. The number of aromatic amines is 1. The number of H-pyrrole nitrogens is 1. The summed E-state index contributed by atoms with van der Waals surface area (Å²) in [6.07, 6.45) is 0. The van der Waals surface area contributed by atoms with Gasteiger partial charge in [-0.1, -0.05) is 36.4 Å². The number of benzene rings is 2. The Balaban J connectivity index is 1.77. The number of carbonyl (C=O) groups is 1. The second kappa shape index (κ2) is 5.51. The molecule has 0 atom stereocenters. The van der Waals surface area contributed by atoms with Crippen LogP contribution in [0, 0.1) is 11.3 Å². The average molecular weight is 275 g/mol. The number of rotatable bonds is 3. The highest BCUT2D eigenvalue weighted by Gasteiger charge is 2.09. The minimum Gasteiger partial charge on any atom is -0.350 e. The first-order valence-corrected chi connectivity index (χ1v) is 6.61. The van der Waals surface area contributed by atoms with Gasteiger partial charge in [0.1, 0.15) is 5.69 Å². The molecule has 0 radical (unpaired) electrons. The fraction of sp³-hybridized carbons (Fsp3) is 0.0588. The minimum atomic E-state index is -0.159. The number of nitrogens with one attached hydrogen (secondary N) is 2. The molecule has 102 valence electrons. The smallest absolute Gasteiger partial charge is 0.267 e. The molecule has 3 rings (SSSR count). The summed E-state index contributed by atoms with van der Waals surface area (Å²) >= 11 is 0. The number of amides is 1. The number of hydrogen-bond donors (Lipinski definition) is 2. The Kier molecular flexibility index (Phi) is 3.40. The molecule has 21 heavy (non-hydrogen) atoms. The first-order valence-electron chi connectivity index (χ1n) is 6.61. The predicted molar refractivity (Wildman–Crippen MR) is 80.6 cm³/mol. The molecule has 1 aromatic heterocycles. The molecule has 0 unspecified atom stereocenters. The van der Waals surface area contributed by atoms with Crippen LogP contribution in [0.2, 0.25) is 0 Å². The largest absolute Gasteiger partial charge is 0.350 e. The maximum atomic E-state index is 12.1. The monoisotopic (exact) mass is 275 g/mol. The maximum absolute atomic E-state index is 12.1. The number of carbonyl (C=O) groups excluding carboxylic acids is 1. The van der Waals surface area contributed by atoms with Crippen LogP contribution in [0.25, 0.3) is 10.9 Å². The van der Waals surface area contributed by atoms with Crippen LogP contribution >= 0.6 is 0 Å². The van der Waals surface area contributed by atoms with Crippen molar-refractivity contribution in [2.45, 2.75) is 6.54 Å². The van der Waals surface area contributed by atoms with Crippen LogP contribution in [-0.4, -0.2) is 10.9 Å². The molecule has 0 saturated heterocycles. The number of nitriles is 1. The van der Waals surface area contributed by atoms with Crippen molar-refractivity contribution in [1.29, 1.82) is 5.26 Å². The normalized spacial score (nSPS) is 10.2. The Labute approximate surface area is 122 Å². The number of hydrogen-bond acceptors (Lipinski definition) is 2. The third kappa shape index (κ3) is 2.77. The number of fused-ring (bicyclic) bond motifs is 1. The van der Waals surface area contributed by atoms with Gasteiger partial charge in [-0.2, -0.15) is 5.26 Å². The van der Waals surface area contributed by atoms with E-state index >= 15 is 0 Å². The number of nitrogens with zero attached hydrogens (tertiary/aromatic N) is 1. The molecule has 2 aromatic carbocycles. The summed E-state index contributed by atoms with van der Waals surface area (Å²) in [5, 5.41) is 12.7. The van der Waals surface area contributed by atoms with Crippen LogP contribution in [0.4, 0.5) is 0 Å². The zero-order valence-corrected chi connectivity index (χ0v) is 11.3. The van der Waals surface area contributed by atoms with E-state index in [1.165, 1.54) is 0 Å². The van der Waals surface area contributed by atoms with Crippen LogP contribution in [0.5, 0.6) is 0 Å². The Morgan fingerprint density at radius 2 is 1.95 bits per heavy atom. The van der Waals surface area contributed by atoms with E-state index < -0.39 is 0 Å². The van der Waals surface area contributed by atoms with Gasteiger partial charge in [-0.25, -0.2) is 0 Å². The summed E-state index contributed by atoms with van der Waals surface area (Å²) < 4.78 is 0.